The molecule has 100 valence electrons. The van der Waals surface area contributed by atoms with Crippen molar-refractivity contribution in [3.05, 3.63) is 34.6 Å². The van der Waals surface area contributed by atoms with Crippen LogP contribution < -0.4 is 0 Å². The van der Waals surface area contributed by atoms with Crippen LogP contribution in [0.3, 0.4) is 0 Å². The predicted molar refractivity (Wildman–Crippen MR) is 74.6 cm³/mol. The van der Waals surface area contributed by atoms with Crippen molar-refractivity contribution >= 4 is 5.71 Å². The first-order valence-corrected chi connectivity index (χ1v) is 6.37. The van der Waals surface area contributed by atoms with Crippen molar-refractivity contribution in [2.24, 2.45) is 10.6 Å². The van der Waals surface area contributed by atoms with Gasteiger partial charge in [-0.2, -0.15) is 0 Å². The second-order valence-corrected chi connectivity index (χ2v) is 5.67. The monoisotopic (exact) mass is 259 g/mol. The molecular formula is C16H18FNO. The Morgan fingerprint density at radius 2 is 2.00 bits per heavy atom. The smallest absolute Gasteiger partial charge is 0.139 e. The summed E-state index contributed by atoms with van der Waals surface area (Å²) in [6.07, 6.45) is 1.54. The lowest BCUT2D eigenvalue weighted by Gasteiger charge is -2.08. The van der Waals surface area contributed by atoms with E-state index in [1.165, 1.54) is 13.2 Å². The fraction of sp³-hybridized carbons (Fsp3) is 0.438. The van der Waals surface area contributed by atoms with Crippen molar-refractivity contribution in [3.63, 3.8) is 0 Å². The van der Waals surface area contributed by atoms with E-state index in [-0.39, 0.29) is 11.2 Å². The molecule has 0 aromatic heterocycles. The van der Waals surface area contributed by atoms with Crippen LogP contribution in [0.2, 0.25) is 0 Å². The van der Waals surface area contributed by atoms with Gasteiger partial charge >= 0.3 is 0 Å². The van der Waals surface area contributed by atoms with Gasteiger partial charge in [-0.05, 0) is 51.3 Å². The van der Waals surface area contributed by atoms with Gasteiger partial charge in [0.2, 0.25) is 0 Å². The molecule has 1 aliphatic carbocycles. The Hall–Kier alpha value is -1.82. The number of hydrogen-bond donors (Lipinski definition) is 0. The highest BCUT2D eigenvalue weighted by molar-refractivity contribution is 6.04. The van der Waals surface area contributed by atoms with Crippen LogP contribution in [0.15, 0.2) is 17.3 Å². The van der Waals surface area contributed by atoms with E-state index < -0.39 is 0 Å². The van der Waals surface area contributed by atoms with E-state index in [2.05, 4.69) is 17.0 Å². The maximum absolute atomic E-state index is 14.0. The van der Waals surface area contributed by atoms with Crippen LogP contribution >= 0.6 is 0 Å². The number of fused-ring (bicyclic) bond motifs is 1. The third kappa shape index (κ3) is 2.96. The van der Waals surface area contributed by atoms with Gasteiger partial charge in [0.25, 0.3) is 0 Å². The minimum atomic E-state index is -0.255. The fourth-order valence-corrected chi connectivity index (χ4v) is 2.12. The standard InChI is InChI=1S/C16H18FNO/c1-16(2,3)10-9-12-11-6-8-15(18-19-4)13(11)5-7-14(12)17/h5,7H,6,8H2,1-4H3. The predicted octanol–water partition coefficient (Wildman–Crippen LogP) is 3.52. The maximum Gasteiger partial charge on any atom is 0.139 e. The molecule has 1 aromatic carbocycles. The van der Waals surface area contributed by atoms with E-state index in [1.807, 2.05) is 20.8 Å². The molecule has 0 saturated carbocycles. The first-order chi connectivity index (χ1) is 8.92. The molecule has 0 fully saturated rings. The first kappa shape index (κ1) is 13.6. The van der Waals surface area contributed by atoms with Gasteiger partial charge in [0.15, 0.2) is 0 Å². The lowest BCUT2D eigenvalue weighted by Crippen LogP contribution is -2.01. The number of benzene rings is 1. The molecule has 0 bridgehead atoms. The summed E-state index contributed by atoms with van der Waals surface area (Å²) in [6, 6.07) is 3.22. The molecule has 2 rings (SSSR count). The van der Waals surface area contributed by atoms with Crippen LogP contribution in [0.1, 0.15) is 43.9 Å². The number of rotatable bonds is 1. The Morgan fingerprint density at radius 3 is 2.63 bits per heavy atom. The average molecular weight is 259 g/mol. The zero-order chi connectivity index (χ0) is 14.0. The minimum Gasteiger partial charge on any atom is -0.399 e. The molecule has 19 heavy (non-hydrogen) atoms. The van der Waals surface area contributed by atoms with Gasteiger partial charge in [-0.3, -0.25) is 0 Å². The van der Waals surface area contributed by atoms with Crippen LogP contribution in [-0.4, -0.2) is 12.8 Å². The summed E-state index contributed by atoms with van der Waals surface area (Å²) < 4.78 is 14.0. The molecule has 1 aromatic rings. The summed E-state index contributed by atoms with van der Waals surface area (Å²) >= 11 is 0. The highest BCUT2D eigenvalue weighted by Gasteiger charge is 2.23. The zero-order valence-electron chi connectivity index (χ0n) is 11.8. The van der Waals surface area contributed by atoms with Gasteiger partial charge in [0.05, 0.1) is 11.3 Å². The normalized spacial score (nSPS) is 15.9. The van der Waals surface area contributed by atoms with E-state index in [0.29, 0.717) is 5.56 Å². The number of hydrogen-bond acceptors (Lipinski definition) is 2. The van der Waals surface area contributed by atoms with Crippen molar-refractivity contribution in [3.8, 4) is 11.8 Å². The topological polar surface area (TPSA) is 21.6 Å². The number of oxime groups is 1. The van der Waals surface area contributed by atoms with Crippen molar-refractivity contribution in [1.29, 1.82) is 0 Å². The molecule has 1 aliphatic rings. The molecular weight excluding hydrogens is 241 g/mol. The summed E-state index contributed by atoms with van der Waals surface area (Å²) in [6.45, 7) is 6.04. The van der Waals surface area contributed by atoms with Crippen molar-refractivity contribution in [2.75, 3.05) is 7.11 Å². The molecule has 3 heteroatoms. The highest BCUT2D eigenvalue weighted by atomic mass is 19.1. The van der Waals surface area contributed by atoms with Gasteiger partial charge < -0.3 is 4.84 Å². The molecule has 2 nitrogen and oxygen atoms in total. The first-order valence-electron chi connectivity index (χ1n) is 6.37. The van der Waals surface area contributed by atoms with Gasteiger partial charge in [-0.15, -0.1) is 0 Å². The van der Waals surface area contributed by atoms with E-state index in [0.717, 1.165) is 29.7 Å². The Morgan fingerprint density at radius 1 is 1.26 bits per heavy atom. The fourth-order valence-electron chi connectivity index (χ4n) is 2.12. The lowest BCUT2D eigenvalue weighted by molar-refractivity contribution is 0.213. The summed E-state index contributed by atoms with van der Waals surface area (Å²) in [7, 11) is 1.52. The summed E-state index contributed by atoms with van der Waals surface area (Å²) in [5.41, 5.74) is 3.15. The highest BCUT2D eigenvalue weighted by Crippen LogP contribution is 2.28. The van der Waals surface area contributed by atoms with E-state index in [9.17, 15) is 4.39 Å². The van der Waals surface area contributed by atoms with Gasteiger partial charge in [0.1, 0.15) is 12.9 Å². The molecule has 0 spiro atoms. The van der Waals surface area contributed by atoms with Crippen LogP contribution in [-0.2, 0) is 11.3 Å². The van der Waals surface area contributed by atoms with Crippen LogP contribution in [0, 0.1) is 23.1 Å². The molecule has 0 unspecified atom stereocenters. The summed E-state index contributed by atoms with van der Waals surface area (Å²) in [5.74, 6) is 5.83. The van der Waals surface area contributed by atoms with Gasteiger partial charge in [0, 0.05) is 11.0 Å². The van der Waals surface area contributed by atoms with Crippen LogP contribution in [0.4, 0.5) is 4.39 Å². The molecule has 0 radical (unpaired) electrons. The average Bonchev–Trinajstić information content (AvgIpc) is 2.70. The molecule has 0 heterocycles. The Bertz CT molecular complexity index is 585. The second kappa shape index (κ2) is 5.05. The second-order valence-electron chi connectivity index (χ2n) is 5.67. The third-order valence-corrected chi connectivity index (χ3v) is 2.95. The van der Waals surface area contributed by atoms with Gasteiger partial charge in [-0.25, -0.2) is 4.39 Å². The summed E-state index contributed by atoms with van der Waals surface area (Å²) in [4.78, 5) is 4.83. The zero-order valence-corrected chi connectivity index (χ0v) is 11.8. The van der Waals surface area contributed by atoms with E-state index >= 15 is 0 Å². The molecule has 0 saturated heterocycles. The SMILES string of the molecule is CON=C1CCc2c1ccc(F)c2C#CC(C)(C)C. The lowest BCUT2D eigenvalue weighted by atomic mass is 9.96. The maximum atomic E-state index is 14.0. The van der Waals surface area contributed by atoms with E-state index in [1.54, 1.807) is 6.07 Å². The number of nitrogens with zero attached hydrogens (tertiary/aromatic N) is 1. The number of halogens is 1. The Labute approximate surface area is 113 Å². The minimum absolute atomic E-state index is 0.142. The van der Waals surface area contributed by atoms with Crippen LogP contribution in [0.5, 0.6) is 0 Å². The van der Waals surface area contributed by atoms with E-state index in [4.69, 9.17) is 4.84 Å². The molecule has 0 atom stereocenters. The van der Waals surface area contributed by atoms with Crippen molar-refractivity contribution in [1.82, 2.24) is 0 Å². The molecule has 0 aliphatic heterocycles. The molecule has 0 N–H and O–H groups in total. The Kier molecular flexibility index (Phi) is 3.61. The Balaban J connectivity index is 2.52. The quantitative estimate of drug-likeness (QED) is 0.558. The largest absolute Gasteiger partial charge is 0.399 e. The summed E-state index contributed by atoms with van der Waals surface area (Å²) in [5, 5.41) is 3.99. The third-order valence-electron chi connectivity index (χ3n) is 2.95. The molecule has 0 amide bonds. The van der Waals surface area contributed by atoms with Crippen LogP contribution in [0.25, 0.3) is 0 Å². The van der Waals surface area contributed by atoms with Crippen molar-refractivity contribution < 1.29 is 9.23 Å². The van der Waals surface area contributed by atoms with Gasteiger partial charge in [-0.1, -0.05) is 17.0 Å². The van der Waals surface area contributed by atoms with Crippen molar-refractivity contribution in [2.45, 2.75) is 33.6 Å².